The van der Waals surface area contributed by atoms with Gasteiger partial charge in [-0.25, -0.2) is 9.37 Å². The molecule has 94 valence electrons. The molecule has 0 aliphatic rings. The Morgan fingerprint density at radius 3 is 2.94 bits per heavy atom. The van der Waals surface area contributed by atoms with Crippen LogP contribution in [0.1, 0.15) is 23.4 Å². The quantitative estimate of drug-likeness (QED) is 0.915. The highest BCUT2D eigenvalue weighted by Crippen LogP contribution is 2.19. The van der Waals surface area contributed by atoms with Crippen LogP contribution in [0.2, 0.25) is 0 Å². The fourth-order valence-corrected chi connectivity index (χ4v) is 1.56. The molecule has 2 aromatic rings. The highest BCUT2D eigenvalue weighted by atomic mass is 79.9. The molecule has 1 aromatic heterocycles. The van der Waals surface area contributed by atoms with E-state index in [2.05, 4.69) is 36.4 Å². The molecule has 1 amide bonds. The zero-order valence-corrected chi connectivity index (χ0v) is 11.1. The summed E-state index contributed by atoms with van der Waals surface area (Å²) in [5.74, 6) is -0.262. The summed E-state index contributed by atoms with van der Waals surface area (Å²) in [6.07, 6.45) is 0.660. The number of halogens is 2. The summed E-state index contributed by atoms with van der Waals surface area (Å²) in [4.78, 5) is 15.7. The normalized spacial score (nSPS) is 10.4. The number of nitrogens with one attached hydrogen (secondary N) is 2. The molecule has 1 aromatic carbocycles. The number of aryl methyl sites for hydroxylation is 1. The third-order valence-corrected chi connectivity index (χ3v) is 2.89. The van der Waals surface area contributed by atoms with Crippen molar-refractivity contribution in [1.29, 1.82) is 0 Å². The molecule has 0 saturated carbocycles. The number of hydrogen-bond acceptors (Lipinski definition) is 3. The van der Waals surface area contributed by atoms with E-state index in [4.69, 9.17) is 0 Å². The van der Waals surface area contributed by atoms with Crippen molar-refractivity contribution in [2.24, 2.45) is 0 Å². The number of aromatic amines is 1. The second-order valence-electron chi connectivity index (χ2n) is 3.54. The number of benzene rings is 1. The predicted octanol–water partition coefficient (Wildman–Crippen LogP) is 2.52. The van der Waals surface area contributed by atoms with Crippen molar-refractivity contribution in [2.45, 2.75) is 13.3 Å². The highest BCUT2D eigenvalue weighted by Gasteiger charge is 2.12. The Morgan fingerprint density at radius 2 is 2.33 bits per heavy atom. The number of carbonyl (C=O) groups is 1. The molecule has 0 fully saturated rings. The number of rotatable bonds is 3. The van der Waals surface area contributed by atoms with Crippen LogP contribution in [0.4, 0.5) is 10.1 Å². The maximum atomic E-state index is 13.3. The Balaban J connectivity index is 2.13. The van der Waals surface area contributed by atoms with Gasteiger partial charge in [0.2, 0.25) is 5.82 Å². The SMILES string of the molecule is CCc1nc(C(=O)Nc2ccc(Br)c(F)c2)n[nH]1. The summed E-state index contributed by atoms with van der Waals surface area (Å²) in [5, 5.41) is 8.93. The lowest BCUT2D eigenvalue weighted by atomic mass is 10.3. The average Bonchev–Trinajstić information content (AvgIpc) is 2.82. The molecule has 0 aliphatic heterocycles. The van der Waals surface area contributed by atoms with Crippen molar-refractivity contribution in [2.75, 3.05) is 5.32 Å². The van der Waals surface area contributed by atoms with Gasteiger partial charge in [-0.05, 0) is 34.1 Å². The fourth-order valence-electron chi connectivity index (χ4n) is 1.32. The number of amides is 1. The molecule has 0 radical (unpaired) electrons. The Morgan fingerprint density at radius 1 is 1.56 bits per heavy atom. The van der Waals surface area contributed by atoms with Gasteiger partial charge >= 0.3 is 0 Å². The third-order valence-electron chi connectivity index (χ3n) is 2.25. The second kappa shape index (κ2) is 5.26. The van der Waals surface area contributed by atoms with Crippen LogP contribution >= 0.6 is 15.9 Å². The van der Waals surface area contributed by atoms with Gasteiger partial charge in [0.15, 0.2) is 0 Å². The van der Waals surface area contributed by atoms with E-state index in [-0.39, 0.29) is 5.82 Å². The van der Waals surface area contributed by atoms with Gasteiger partial charge in [0.05, 0.1) is 4.47 Å². The van der Waals surface area contributed by atoms with Gasteiger partial charge in [-0.3, -0.25) is 9.89 Å². The van der Waals surface area contributed by atoms with Crippen LogP contribution in [0.15, 0.2) is 22.7 Å². The molecular weight excluding hydrogens is 303 g/mol. The molecule has 2 rings (SSSR count). The first-order chi connectivity index (χ1) is 8.60. The molecule has 5 nitrogen and oxygen atoms in total. The number of aromatic nitrogens is 3. The zero-order chi connectivity index (χ0) is 13.1. The molecule has 0 atom stereocenters. The van der Waals surface area contributed by atoms with Crippen molar-refractivity contribution in [1.82, 2.24) is 15.2 Å². The lowest BCUT2D eigenvalue weighted by Crippen LogP contribution is -2.14. The molecule has 0 spiro atoms. The van der Waals surface area contributed by atoms with Gasteiger partial charge < -0.3 is 5.32 Å². The van der Waals surface area contributed by atoms with Gasteiger partial charge in [-0.1, -0.05) is 6.92 Å². The summed E-state index contributed by atoms with van der Waals surface area (Å²) in [7, 11) is 0. The minimum absolute atomic E-state index is 0.0372. The first kappa shape index (κ1) is 12.7. The maximum absolute atomic E-state index is 13.3. The van der Waals surface area contributed by atoms with E-state index in [9.17, 15) is 9.18 Å². The predicted molar refractivity (Wildman–Crippen MR) is 67.8 cm³/mol. The largest absolute Gasteiger partial charge is 0.319 e. The van der Waals surface area contributed by atoms with Gasteiger partial charge in [0, 0.05) is 12.1 Å². The molecule has 1 heterocycles. The first-order valence-corrected chi connectivity index (χ1v) is 6.07. The van der Waals surface area contributed by atoms with Crippen LogP contribution in [0.3, 0.4) is 0 Å². The fraction of sp³-hybridized carbons (Fsp3) is 0.182. The van der Waals surface area contributed by atoms with Gasteiger partial charge in [0.1, 0.15) is 11.6 Å². The Kier molecular flexibility index (Phi) is 3.71. The minimum Gasteiger partial charge on any atom is -0.319 e. The van der Waals surface area contributed by atoms with E-state index in [1.807, 2.05) is 6.92 Å². The van der Waals surface area contributed by atoms with Crippen molar-refractivity contribution < 1.29 is 9.18 Å². The molecule has 0 aliphatic carbocycles. The lowest BCUT2D eigenvalue weighted by Gasteiger charge is -2.03. The zero-order valence-electron chi connectivity index (χ0n) is 9.50. The van der Waals surface area contributed by atoms with Gasteiger partial charge in [0.25, 0.3) is 5.91 Å². The molecule has 18 heavy (non-hydrogen) atoms. The van der Waals surface area contributed by atoms with Crippen molar-refractivity contribution >= 4 is 27.5 Å². The molecule has 0 bridgehead atoms. The van der Waals surface area contributed by atoms with Crippen LogP contribution in [0.25, 0.3) is 0 Å². The third kappa shape index (κ3) is 2.73. The van der Waals surface area contributed by atoms with E-state index >= 15 is 0 Å². The molecule has 7 heteroatoms. The maximum Gasteiger partial charge on any atom is 0.295 e. The molecule has 0 unspecified atom stereocenters. The van der Waals surface area contributed by atoms with Crippen LogP contribution in [-0.2, 0) is 6.42 Å². The van der Waals surface area contributed by atoms with Crippen LogP contribution in [-0.4, -0.2) is 21.1 Å². The van der Waals surface area contributed by atoms with Gasteiger partial charge in [-0.15, -0.1) is 5.10 Å². The van der Waals surface area contributed by atoms with Gasteiger partial charge in [-0.2, -0.15) is 0 Å². The molecular formula is C11H10BrFN4O. The van der Waals surface area contributed by atoms with E-state index in [1.54, 1.807) is 6.07 Å². The smallest absolute Gasteiger partial charge is 0.295 e. The van der Waals surface area contributed by atoms with E-state index < -0.39 is 11.7 Å². The van der Waals surface area contributed by atoms with Crippen LogP contribution in [0, 0.1) is 5.82 Å². The van der Waals surface area contributed by atoms with Crippen molar-refractivity contribution in [3.05, 3.63) is 40.1 Å². The van der Waals surface area contributed by atoms with Crippen molar-refractivity contribution in [3.63, 3.8) is 0 Å². The molecule has 2 N–H and O–H groups in total. The minimum atomic E-state index is -0.479. The van der Waals surface area contributed by atoms with E-state index in [1.165, 1.54) is 12.1 Å². The summed E-state index contributed by atoms with van der Waals surface area (Å²) in [6.45, 7) is 1.90. The highest BCUT2D eigenvalue weighted by molar-refractivity contribution is 9.10. The second-order valence-corrected chi connectivity index (χ2v) is 4.40. The number of H-pyrrole nitrogens is 1. The van der Waals surface area contributed by atoms with Crippen LogP contribution in [0.5, 0.6) is 0 Å². The topological polar surface area (TPSA) is 70.7 Å². The van der Waals surface area contributed by atoms with Crippen molar-refractivity contribution in [3.8, 4) is 0 Å². The Labute approximate surface area is 111 Å². The standard InChI is InChI=1S/C11H10BrFN4O/c1-2-9-15-10(17-16-9)11(18)14-6-3-4-7(12)8(13)5-6/h3-5H,2H2,1H3,(H,14,18)(H,15,16,17). The summed E-state index contributed by atoms with van der Waals surface area (Å²) in [6, 6.07) is 4.31. The van der Waals surface area contributed by atoms with Crippen LogP contribution < -0.4 is 5.32 Å². The summed E-state index contributed by atoms with van der Waals surface area (Å²) in [5.41, 5.74) is 0.351. The first-order valence-electron chi connectivity index (χ1n) is 5.28. The average molecular weight is 313 g/mol. The Bertz CT molecular complexity index is 584. The number of nitrogens with zero attached hydrogens (tertiary/aromatic N) is 2. The lowest BCUT2D eigenvalue weighted by molar-refractivity contribution is 0.101. The molecule has 0 saturated heterocycles. The monoisotopic (exact) mass is 312 g/mol. The van der Waals surface area contributed by atoms with E-state index in [0.29, 0.717) is 22.4 Å². The van der Waals surface area contributed by atoms with E-state index in [0.717, 1.165) is 0 Å². The number of hydrogen-bond donors (Lipinski definition) is 2. The number of anilines is 1. The number of carbonyl (C=O) groups excluding carboxylic acids is 1. The summed E-state index contributed by atoms with van der Waals surface area (Å²) >= 11 is 3.04. The Hall–Kier alpha value is -1.76. The summed E-state index contributed by atoms with van der Waals surface area (Å²) < 4.78 is 13.6.